The summed E-state index contributed by atoms with van der Waals surface area (Å²) in [6.45, 7) is 11.3. The molecule has 5 aromatic carbocycles. The van der Waals surface area contributed by atoms with Crippen LogP contribution in [-0.2, 0) is 9.59 Å². The number of aldehydes is 1. The molecule has 0 saturated heterocycles. The number of pyridine rings is 1. The third kappa shape index (κ3) is 33.5. The number of carboxylic acid groups (broad SMARTS) is 1. The number of aromatic hydroxyl groups is 6. The average molecular weight is 919 g/mol. The van der Waals surface area contributed by atoms with Crippen LogP contribution in [0.2, 0.25) is 0 Å². The van der Waals surface area contributed by atoms with Crippen molar-refractivity contribution in [2.24, 2.45) is 11.8 Å². The number of aliphatic carboxylic acids is 1. The Morgan fingerprint density at radius 1 is 0.597 bits per heavy atom. The van der Waals surface area contributed by atoms with E-state index in [4.69, 9.17) is 25.2 Å². The summed E-state index contributed by atoms with van der Waals surface area (Å²) >= 11 is 0. The van der Waals surface area contributed by atoms with E-state index in [1.807, 2.05) is 82.3 Å². The normalized spacial score (nSPS) is 10.1. The summed E-state index contributed by atoms with van der Waals surface area (Å²) in [6, 6.07) is 37.1. The summed E-state index contributed by atoms with van der Waals surface area (Å²) in [6.07, 6.45) is 14.8. The van der Waals surface area contributed by atoms with Gasteiger partial charge in [-0.1, -0.05) is 130 Å². The molecule has 0 aliphatic carbocycles. The van der Waals surface area contributed by atoms with Crippen molar-refractivity contribution >= 4 is 42.6 Å². The van der Waals surface area contributed by atoms with E-state index < -0.39 is 12.3 Å². The fourth-order valence-corrected chi connectivity index (χ4v) is 4.51. The fraction of sp³-hybridized carbons (Fsp3) is 0.204. The van der Waals surface area contributed by atoms with Crippen LogP contribution in [-0.4, -0.2) is 70.9 Å². The fourth-order valence-electron chi connectivity index (χ4n) is 4.51. The van der Waals surface area contributed by atoms with Crippen LogP contribution in [0.3, 0.4) is 0 Å². The molecule has 0 radical (unpaired) electrons. The van der Waals surface area contributed by atoms with Gasteiger partial charge in [0, 0.05) is 30.9 Å². The highest BCUT2D eigenvalue weighted by atomic mass is 16.5. The lowest BCUT2D eigenvalue weighted by molar-refractivity contribution is -0.402. The molecule has 0 atom stereocenters. The molecule has 0 amide bonds. The van der Waals surface area contributed by atoms with Crippen molar-refractivity contribution in [3.05, 3.63) is 179 Å². The highest BCUT2D eigenvalue weighted by Crippen LogP contribution is 2.31. The van der Waals surface area contributed by atoms with Gasteiger partial charge in [0.25, 0.3) is 0 Å². The van der Waals surface area contributed by atoms with Gasteiger partial charge in [0.05, 0.1) is 5.56 Å². The molecule has 0 aliphatic heterocycles. The maximum atomic E-state index is 10.0. The van der Waals surface area contributed by atoms with Crippen molar-refractivity contribution in [3.63, 3.8) is 0 Å². The molecule has 0 spiro atoms. The van der Waals surface area contributed by atoms with E-state index in [1.165, 1.54) is 11.6 Å². The lowest BCUT2D eigenvalue weighted by Crippen LogP contribution is -2.55. The minimum absolute atomic E-state index is 0.0235. The molecule has 0 unspecified atom stereocenters. The predicted molar refractivity (Wildman–Crippen MR) is 265 cm³/mol. The molecule has 1 heterocycles. The molecule has 11 N–H and O–H groups in total. The van der Waals surface area contributed by atoms with E-state index in [9.17, 15) is 30.3 Å². The van der Waals surface area contributed by atoms with E-state index in [0.29, 0.717) is 34.9 Å². The number of hydrogen-bond donors (Lipinski definition) is 9. The van der Waals surface area contributed by atoms with E-state index >= 15 is 0 Å². The number of benzene rings is 5. The number of phenolic OH excluding ortho intramolecular Hbond substituents is 6. The van der Waals surface area contributed by atoms with Crippen LogP contribution >= 0.6 is 0 Å². The first-order valence-corrected chi connectivity index (χ1v) is 21.1. The molecular weight excluding hydrogens is 853 g/mol. The molecule has 6 rings (SSSR count). The Morgan fingerprint density at radius 3 is 1.27 bits per heavy atom. The predicted octanol–water partition coefficient (Wildman–Crippen LogP) is 8.22. The van der Waals surface area contributed by atoms with Crippen molar-refractivity contribution < 1.29 is 61.3 Å². The Hall–Kier alpha value is -7.71. The summed E-state index contributed by atoms with van der Waals surface area (Å²) < 4.78 is 0. The van der Waals surface area contributed by atoms with Crippen LogP contribution in [0.15, 0.2) is 146 Å². The first-order valence-electron chi connectivity index (χ1n) is 21.1. The molecule has 0 saturated carbocycles. The number of allylic oxidation sites excluding steroid dienone is 1. The van der Waals surface area contributed by atoms with Gasteiger partial charge in [0.1, 0.15) is 47.3 Å². The van der Waals surface area contributed by atoms with Gasteiger partial charge >= 0.3 is 0 Å². The number of aromatic nitrogens is 1. The topological polar surface area (TPSA) is 260 Å². The number of phenols is 6. The molecule has 0 bridgehead atoms. The average Bonchev–Trinajstić information content (AvgIpc) is 3.27. The number of aliphatic hydroxyl groups excluding tert-OH is 1. The molecule has 358 valence electrons. The standard InChI is InChI=1S/C19H20O3.C14H12O3.C7H8.C5H5N.C5H10O.C2H7NO2.C2H4O2/c1-13(2)3-10-17-18(21)11-15(12-19(17)22)5-4-14-6-8-16(20)9-7-14;15-12-5-3-10(4-6-12)1-2-11-7-13(16)9-14(17)8-11;1-7-5-3-2-4-6-7;1-2-4-6-5-3-1;1-5(2)3-4-6;3-1-2(4)5;1-2(3)4/h3-13,20-22H,1-2H3;1-9,15-17H;2-6H,1H3;1-5H;4-5H,3H2,1-2H3;2,4-5H,1,3H2;1H3,(H,3,4)/b5-4+,10-3+;2-1+;;;;;. The van der Waals surface area contributed by atoms with Crippen molar-refractivity contribution in [1.29, 1.82) is 0 Å². The second kappa shape index (κ2) is 35.6. The zero-order valence-corrected chi connectivity index (χ0v) is 38.9. The molecule has 1 aromatic heterocycles. The van der Waals surface area contributed by atoms with Crippen LogP contribution in [0.5, 0.6) is 34.5 Å². The second-order valence-electron chi connectivity index (χ2n) is 14.9. The third-order valence-electron chi connectivity index (χ3n) is 7.79. The minimum Gasteiger partial charge on any atom is -0.550 e. The second-order valence-corrected chi connectivity index (χ2v) is 14.9. The molecule has 13 nitrogen and oxygen atoms in total. The molecule has 0 aliphatic rings. The molecule has 6 aromatic rings. The minimum atomic E-state index is -1.23. The van der Waals surface area contributed by atoms with E-state index in [1.54, 1.807) is 103 Å². The lowest BCUT2D eigenvalue weighted by atomic mass is 10.1. The van der Waals surface area contributed by atoms with Crippen molar-refractivity contribution in [2.75, 3.05) is 6.54 Å². The Bertz CT molecular complexity index is 2240. The number of hydrogen-bond acceptors (Lipinski definition) is 12. The van der Waals surface area contributed by atoms with Gasteiger partial charge in [-0.3, -0.25) is 4.98 Å². The number of nitrogens with zero attached hydrogens (tertiary/aromatic N) is 1. The van der Waals surface area contributed by atoms with Crippen LogP contribution in [0, 0.1) is 18.8 Å². The lowest BCUT2D eigenvalue weighted by Gasteiger charge is -2.05. The number of aliphatic hydroxyl groups is 2. The Morgan fingerprint density at radius 2 is 0.985 bits per heavy atom. The number of aryl methyl sites for hydroxylation is 1. The van der Waals surface area contributed by atoms with Gasteiger partial charge in [0.2, 0.25) is 6.29 Å². The van der Waals surface area contributed by atoms with E-state index in [2.05, 4.69) is 29.8 Å². The van der Waals surface area contributed by atoms with Gasteiger partial charge in [-0.05, 0) is 109 Å². The summed E-state index contributed by atoms with van der Waals surface area (Å²) in [5.74, 6) is 0.358. The number of carboxylic acids is 1. The molecule has 0 fully saturated rings. The Labute approximate surface area is 394 Å². The molecule has 67 heavy (non-hydrogen) atoms. The smallest absolute Gasteiger partial charge is 0.202 e. The highest BCUT2D eigenvalue weighted by molar-refractivity contribution is 5.75. The van der Waals surface area contributed by atoms with Crippen molar-refractivity contribution in [2.45, 2.75) is 54.3 Å². The largest absolute Gasteiger partial charge is 0.550 e. The maximum absolute atomic E-state index is 10.0. The van der Waals surface area contributed by atoms with Crippen molar-refractivity contribution in [3.8, 4) is 34.5 Å². The molecule has 13 heteroatoms. The third-order valence-corrected chi connectivity index (χ3v) is 7.79. The quantitative estimate of drug-likeness (QED) is 0.0378. The first-order chi connectivity index (χ1) is 31.7. The van der Waals surface area contributed by atoms with Gasteiger partial charge < -0.3 is 61.3 Å². The highest BCUT2D eigenvalue weighted by Gasteiger charge is 2.06. The van der Waals surface area contributed by atoms with Crippen LogP contribution < -0.4 is 10.8 Å². The number of carbonyl (C=O) groups is 2. The summed E-state index contributed by atoms with van der Waals surface area (Å²) in [5, 5.41) is 81.6. The zero-order chi connectivity index (χ0) is 50.6. The maximum Gasteiger partial charge on any atom is 0.202 e. The van der Waals surface area contributed by atoms with Gasteiger partial charge in [-0.25, -0.2) is 0 Å². The SMILES string of the molecule is CC(=O)[O-].CC(C)/C=C/c1c(O)cc(/C=C/c2ccc(O)cc2)cc1O.CC(C)CC=O.Cc1ccccc1.Oc1ccc(/C=C/c2cc(O)cc(O)c2)cc1.[NH3+]CC(O)O.c1ccncc1. The van der Waals surface area contributed by atoms with E-state index in [-0.39, 0.29) is 41.0 Å². The van der Waals surface area contributed by atoms with Crippen LogP contribution in [0.1, 0.15) is 74.4 Å². The number of rotatable bonds is 9. The monoisotopic (exact) mass is 918 g/mol. The van der Waals surface area contributed by atoms with Gasteiger partial charge in [-0.2, -0.15) is 0 Å². The van der Waals surface area contributed by atoms with E-state index in [0.717, 1.165) is 24.3 Å². The Kier molecular flexibility index (Phi) is 31.5. The van der Waals surface area contributed by atoms with Gasteiger partial charge in [-0.15, -0.1) is 0 Å². The van der Waals surface area contributed by atoms with Crippen molar-refractivity contribution in [1.82, 2.24) is 4.98 Å². The van der Waals surface area contributed by atoms with Crippen LogP contribution in [0.25, 0.3) is 30.4 Å². The van der Waals surface area contributed by atoms with Crippen LogP contribution in [0.4, 0.5) is 0 Å². The number of quaternary nitrogens is 1. The summed E-state index contributed by atoms with van der Waals surface area (Å²) in [7, 11) is 0. The zero-order valence-electron chi connectivity index (χ0n) is 38.9. The Balaban J connectivity index is 0.000000845. The number of carbonyl (C=O) groups excluding carboxylic acids is 2. The summed E-state index contributed by atoms with van der Waals surface area (Å²) in [5.41, 5.74) is 8.18. The molecular formula is C54H66N2O11. The first kappa shape index (κ1) is 59.3. The van der Waals surface area contributed by atoms with Gasteiger partial charge in [0.15, 0.2) is 0 Å². The summed E-state index contributed by atoms with van der Waals surface area (Å²) in [4.78, 5) is 22.3.